The summed E-state index contributed by atoms with van der Waals surface area (Å²) in [5.74, 6) is -0.857. The molecular weight excluding hydrogens is 447 g/mol. The number of hydrogen-bond donors (Lipinski definition) is 3. The van der Waals surface area contributed by atoms with Crippen LogP contribution in [0.1, 0.15) is 51.9 Å². The number of benzene rings is 1. The summed E-state index contributed by atoms with van der Waals surface area (Å²) in [6.07, 6.45) is 9.63. The van der Waals surface area contributed by atoms with Gasteiger partial charge in [0.2, 0.25) is 0 Å². The Bertz CT molecular complexity index is 925. The van der Waals surface area contributed by atoms with Gasteiger partial charge in [-0.05, 0) is 44.7 Å². The molecule has 0 saturated carbocycles. The highest BCUT2D eigenvalue weighted by Crippen LogP contribution is 2.29. The first-order chi connectivity index (χ1) is 14.3. The maximum Gasteiger partial charge on any atom is 0.266 e. The van der Waals surface area contributed by atoms with Crippen molar-refractivity contribution in [1.29, 1.82) is 0 Å². The largest absolute Gasteiger partial charge is 0.384 e. The summed E-state index contributed by atoms with van der Waals surface area (Å²) < 4.78 is 41.5. The molecule has 0 spiro atoms. The van der Waals surface area contributed by atoms with Gasteiger partial charge in [0.25, 0.3) is 10.0 Å². The predicted octanol–water partition coefficient (Wildman–Crippen LogP) is 5.24. The summed E-state index contributed by atoms with van der Waals surface area (Å²) in [4.78, 5) is 3.35. The van der Waals surface area contributed by atoms with Crippen molar-refractivity contribution >= 4 is 43.8 Å². The topological polar surface area (TPSA) is 83.1 Å². The molecule has 1 aliphatic rings. The number of thiazole rings is 1. The number of nitrogens with zero attached hydrogens (tertiary/aromatic N) is 1. The van der Waals surface area contributed by atoms with Crippen LogP contribution in [0.3, 0.4) is 0 Å². The first kappa shape index (κ1) is 23.2. The smallest absolute Gasteiger partial charge is 0.266 e. The minimum Gasteiger partial charge on any atom is -0.384 e. The van der Waals surface area contributed by atoms with E-state index in [9.17, 15) is 12.8 Å². The fourth-order valence-corrected chi connectivity index (χ4v) is 5.82. The molecule has 0 bridgehead atoms. The zero-order valence-electron chi connectivity index (χ0n) is 17.0. The number of aromatic nitrogens is 1. The Kier molecular flexibility index (Phi) is 8.33. The molecule has 10 heteroatoms. The van der Waals surface area contributed by atoms with Crippen LogP contribution in [0.5, 0.6) is 0 Å². The lowest BCUT2D eigenvalue weighted by molar-refractivity contribution is 0.492. The fourth-order valence-electron chi connectivity index (χ4n) is 3.65. The Labute approximate surface area is 186 Å². The molecule has 0 radical (unpaired) electrons. The molecule has 1 aliphatic heterocycles. The predicted molar refractivity (Wildman–Crippen MR) is 122 cm³/mol. The lowest BCUT2D eigenvalue weighted by atomic mass is 10.1. The summed E-state index contributed by atoms with van der Waals surface area (Å²) in [6.45, 7) is 2.89. The second-order valence-electron chi connectivity index (χ2n) is 7.68. The van der Waals surface area contributed by atoms with Crippen molar-refractivity contribution < 1.29 is 12.8 Å². The van der Waals surface area contributed by atoms with E-state index in [1.165, 1.54) is 31.9 Å². The zero-order valence-corrected chi connectivity index (χ0v) is 19.3. The van der Waals surface area contributed by atoms with Crippen molar-refractivity contribution in [3.63, 3.8) is 0 Å². The fraction of sp³-hybridized carbons (Fsp3) is 0.550. The molecule has 2 heterocycles. The molecule has 1 aromatic heterocycles. The van der Waals surface area contributed by atoms with Gasteiger partial charge in [0, 0.05) is 30.2 Å². The van der Waals surface area contributed by atoms with Gasteiger partial charge in [-0.2, -0.15) is 0 Å². The zero-order chi connectivity index (χ0) is 21.6. The van der Waals surface area contributed by atoms with Crippen LogP contribution in [0.25, 0.3) is 0 Å². The molecule has 166 valence electrons. The third kappa shape index (κ3) is 6.54. The molecule has 1 saturated heterocycles. The number of halogens is 2. The third-order valence-corrected chi connectivity index (χ3v) is 7.71. The summed E-state index contributed by atoms with van der Waals surface area (Å²) in [5.41, 5.74) is 0.395. The van der Waals surface area contributed by atoms with Crippen LogP contribution in [-0.4, -0.2) is 32.0 Å². The van der Waals surface area contributed by atoms with Gasteiger partial charge in [0.05, 0.1) is 10.7 Å². The molecule has 1 fully saturated rings. The van der Waals surface area contributed by atoms with Gasteiger partial charge in [0.1, 0.15) is 10.7 Å². The molecule has 0 aliphatic carbocycles. The van der Waals surface area contributed by atoms with Crippen LogP contribution in [0.15, 0.2) is 28.6 Å². The van der Waals surface area contributed by atoms with Crippen molar-refractivity contribution in [2.24, 2.45) is 0 Å². The van der Waals surface area contributed by atoms with Crippen molar-refractivity contribution in [3.8, 4) is 0 Å². The Morgan fingerprint density at radius 2 is 2.07 bits per heavy atom. The van der Waals surface area contributed by atoms with Crippen LogP contribution >= 0.6 is 22.9 Å². The molecule has 30 heavy (non-hydrogen) atoms. The van der Waals surface area contributed by atoms with Gasteiger partial charge in [-0.15, -0.1) is 11.3 Å². The van der Waals surface area contributed by atoms with Gasteiger partial charge in [0.15, 0.2) is 5.13 Å². The van der Waals surface area contributed by atoms with E-state index in [0.29, 0.717) is 24.3 Å². The molecule has 0 amide bonds. The normalized spacial score (nSPS) is 19.2. The van der Waals surface area contributed by atoms with Crippen molar-refractivity contribution in [2.45, 2.75) is 68.8 Å². The lowest BCUT2D eigenvalue weighted by Crippen LogP contribution is -2.26. The standard InChI is InChI=1S/C20H28ClFN4O2S2/c1-14-7-8-15(25-14)6-4-2-3-5-9-23-18-13-17(22)19(12-16(18)21)30(27,28)26-20-24-10-11-29-20/h10-15,23,25H,2-9H2,1H3,(H,24,26)/t14-,15+/m0/s1. The van der Waals surface area contributed by atoms with E-state index in [4.69, 9.17) is 11.6 Å². The van der Waals surface area contributed by atoms with Gasteiger partial charge >= 0.3 is 0 Å². The number of anilines is 2. The quantitative estimate of drug-likeness (QED) is 0.388. The molecule has 0 unspecified atom stereocenters. The van der Waals surface area contributed by atoms with Gasteiger partial charge < -0.3 is 10.6 Å². The van der Waals surface area contributed by atoms with E-state index < -0.39 is 20.7 Å². The third-order valence-electron chi connectivity index (χ3n) is 5.23. The maximum absolute atomic E-state index is 14.5. The van der Waals surface area contributed by atoms with Crippen molar-refractivity contribution in [2.75, 3.05) is 16.6 Å². The monoisotopic (exact) mass is 474 g/mol. The average Bonchev–Trinajstić information content (AvgIpc) is 3.34. The highest BCUT2D eigenvalue weighted by Gasteiger charge is 2.22. The summed E-state index contributed by atoms with van der Waals surface area (Å²) in [5, 5.41) is 8.67. The minimum atomic E-state index is -4.09. The van der Waals surface area contributed by atoms with E-state index in [2.05, 4.69) is 27.3 Å². The van der Waals surface area contributed by atoms with Gasteiger partial charge in [-0.3, -0.25) is 4.72 Å². The van der Waals surface area contributed by atoms with E-state index in [-0.39, 0.29) is 10.2 Å². The number of unbranched alkanes of at least 4 members (excludes halogenated alkanes) is 3. The van der Waals surface area contributed by atoms with E-state index in [0.717, 1.165) is 42.7 Å². The Morgan fingerprint density at radius 3 is 2.77 bits per heavy atom. The van der Waals surface area contributed by atoms with Crippen molar-refractivity contribution in [3.05, 3.63) is 34.5 Å². The Balaban J connectivity index is 1.44. The Morgan fingerprint density at radius 1 is 1.27 bits per heavy atom. The summed E-state index contributed by atoms with van der Waals surface area (Å²) in [6, 6.07) is 3.57. The van der Waals surface area contributed by atoms with Crippen LogP contribution < -0.4 is 15.4 Å². The van der Waals surface area contributed by atoms with Gasteiger partial charge in [-0.25, -0.2) is 17.8 Å². The SMILES string of the molecule is C[C@H]1CC[C@@H](CCCCCCNc2cc(F)c(S(=O)(=O)Nc3nccs3)cc2Cl)N1. The van der Waals surface area contributed by atoms with E-state index >= 15 is 0 Å². The number of hydrogen-bond acceptors (Lipinski definition) is 6. The molecule has 2 atom stereocenters. The molecule has 2 aromatic rings. The first-order valence-corrected chi connectivity index (χ1v) is 13.0. The number of nitrogens with one attached hydrogen (secondary N) is 3. The molecular formula is C20H28ClFN4O2S2. The van der Waals surface area contributed by atoms with Crippen LogP contribution in [0.2, 0.25) is 5.02 Å². The van der Waals surface area contributed by atoms with Crippen LogP contribution in [0.4, 0.5) is 15.2 Å². The highest BCUT2D eigenvalue weighted by atomic mass is 35.5. The van der Waals surface area contributed by atoms with Crippen LogP contribution in [-0.2, 0) is 10.0 Å². The van der Waals surface area contributed by atoms with E-state index in [1.807, 2.05) is 0 Å². The lowest BCUT2D eigenvalue weighted by Gasteiger charge is -2.13. The minimum absolute atomic E-state index is 0.164. The van der Waals surface area contributed by atoms with Crippen molar-refractivity contribution in [1.82, 2.24) is 10.3 Å². The van der Waals surface area contributed by atoms with Gasteiger partial charge in [-0.1, -0.05) is 30.9 Å². The second kappa shape index (κ2) is 10.7. The molecule has 3 N–H and O–H groups in total. The number of rotatable bonds is 11. The summed E-state index contributed by atoms with van der Waals surface area (Å²) in [7, 11) is -4.09. The molecule has 3 rings (SSSR count). The maximum atomic E-state index is 14.5. The number of sulfonamides is 1. The molecule has 6 nitrogen and oxygen atoms in total. The average molecular weight is 475 g/mol. The summed E-state index contributed by atoms with van der Waals surface area (Å²) >= 11 is 7.31. The first-order valence-electron chi connectivity index (χ1n) is 10.3. The van der Waals surface area contributed by atoms with Crippen LogP contribution in [0, 0.1) is 5.82 Å². The Hall–Kier alpha value is -1.42. The molecule has 1 aromatic carbocycles. The van der Waals surface area contributed by atoms with E-state index in [1.54, 1.807) is 5.38 Å². The highest BCUT2D eigenvalue weighted by molar-refractivity contribution is 7.93. The second-order valence-corrected chi connectivity index (χ2v) is 10.6.